The van der Waals surface area contributed by atoms with Crippen molar-refractivity contribution in [2.75, 3.05) is 26.2 Å². The van der Waals surface area contributed by atoms with Gasteiger partial charge in [0.25, 0.3) is 0 Å². The lowest BCUT2D eigenvalue weighted by atomic mass is 10.1. The van der Waals surface area contributed by atoms with Crippen molar-refractivity contribution in [3.63, 3.8) is 0 Å². The maximum atomic E-state index is 10.5. The molecule has 1 aliphatic heterocycles. The number of nitrogens with two attached hydrogens (primary N) is 3. The summed E-state index contributed by atoms with van der Waals surface area (Å²) in [6.07, 6.45) is 1.81. The average Bonchev–Trinajstić information content (AvgIpc) is 2.18. The quantitative estimate of drug-likeness (QED) is 0.330. The van der Waals surface area contributed by atoms with Crippen LogP contribution in [0.4, 0.5) is 0 Å². The molecule has 0 aromatic carbocycles. The van der Waals surface area contributed by atoms with Crippen molar-refractivity contribution in [2.24, 2.45) is 17.2 Å². The molecule has 0 spiro atoms. The van der Waals surface area contributed by atoms with Gasteiger partial charge in [0, 0.05) is 25.7 Å². The summed E-state index contributed by atoms with van der Waals surface area (Å²) < 4.78 is 0. The number of hydrogen-bond acceptors (Lipinski definition) is 4. The van der Waals surface area contributed by atoms with E-state index in [1.54, 1.807) is 0 Å². The number of piperazine rings is 1. The van der Waals surface area contributed by atoms with Crippen molar-refractivity contribution >= 4 is 23.7 Å². The molecule has 88 valence electrons. The molecule has 1 aliphatic rings. The lowest BCUT2D eigenvalue weighted by molar-refractivity contribution is -0.121. The Morgan fingerprint density at radius 3 is 2.67 bits per heavy atom. The van der Waals surface area contributed by atoms with Gasteiger partial charge in [-0.1, -0.05) is 0 Å². The number of rotatable bonds is 3. The van der Waals surface area contributed by atoms with Gasteiger partial charge in [-0.2, -0.15) is 0 Å². The van der Waals surface area contributed by atoms with E-state index in [0.29, 0.717) is 12.6 Å². The summed E-state index contributed by atoms with van der Waals surface area (Å²) in [5.74, 6) is 0. The van der Waals surface area contributed by atoms with Gasteiger partial charge < -0.3 is 27.4 Å². The molecule has 6 nitrogen and oxygen atoms in total. The molecule has 7 heteroatoms. The lowest BCUT2D eigenvalue weighted by Gasteiger charge is -2.32. The number of thiocarbonyl (C=S) groups is 1. The second-order valence-electron chi connectivity index (χ2n) is 3.18. The second-order valence-corrected chi connectivity index (χ2v) is 3.65. The Bertz CT molecular complexity index is 195. The molecule has 1 saturated heterocycles. The van der Waals surface area contributed by atoms with Gasteiger partial charge in [-0.15, -0.1) is 0 Å². The van der Waals surface area contributed by atoms with E-state index >= 15 is 0 Å². The van der Waals surface area contributed by atoms with Crippen molar-refractivity contribution in [2.45, 2.75) is 12.5 Å². The molecule has 1 fully saturated rings. The largest absolute Gasteiger partial charge is 0.377 e. The highest BCUT2D eigenvalue weighted by molar-refractivity contribution is 7.80. The van der Waals surface area contributed by atoms with Crippen LogP contribution in [0.3, 0.4) is 0 Å². The van der Waals surface area contributed by atoms with E-state index in [0.717, 1.165) is 32.5 Å². The maximum absolute atomic E-state index is 10.5. The third-order valence-corrected chi connectivity index (χ3v) is 2.03. The van der Waals surface area contributed by atoms with E-state index < -0.39 is 0 Å². The smallest absolute Gasteiger partial charge is 0.210 e. The number of nitrogens with zero attached hydrogens (tertiary/aromatic N) is 1. The van der Waals surface area contributed by atoms with Crippen LogP contribution in [0.15, 0.2) is 0 Å². The summed E-state index contributed by atoms with van der Waals surface area (Å²) in [6, 6.07) is 0.311. The fourth-order valence-electron chi connectivity index (χ4n) is 1.38. The second kappa shape index (κ2) is 8.39. The van der Waals surface area contributed by atoms with Crippen molar-refractivity contribution in [3.05, 3.63) is 0 Å². The number of carbonyl (C=O) groups excluding carboxylic acids is 1. The van der Waals surface area contributed by atoms with Gasteiger partial charge in [-0.3, -0.25) is 4.79 Å². The SMILES string of the molecule is NC(N)=S.NCCC1CNCCN1C=O. The Kier molecular flexibility index (Phi) is 7.88. The van der Waals surface area contributed by atoms with Gasteiger partial charge in [0.1, 0.15) is 0 Å². The van der Waals surface area contributed by atoms with Crippen molar-refractivity contribution in [1.29, 1.82) is 0 Å². The minimum absolute atomic E-state index is 0.000000000000000222. The highest BCUT2D eigenvalue weighted by Gasteiger charge is 2.18. The van der Waals surface area contributed by atoms with Gasteiger partial charge in [-0.25, -0.2) is 0 Å². The van der Waals surface area contributed by atoms with Gasteiger partial charge >= 0.3 is 0 Å². The Labute approximate surface area is 95.1 Å². The van der Waals surface area contributed by atoms with E-state index in [1.807, 2.05) is 4.90 Å². The fourth-order valence-corrected chi connectivity index (χ4v) is 1.38. The van der Waals surface area contributed by atoms with Crippen LogP contribution in [-0.2, 0) is 4.79 Å². The Balaban J connectivity index is 0.000000423. The van der Waals surface area contributed by atoms with Crippen LogP contribution in [-0.4, -0.2) is 48.6 Å². The monoisotopic (exact) mass is 233 g/mol. The Morgan fingerprint density at radius 2 is 2.20 bits per heavy atom. The van der Waals surface area contributed by atoms with E-state index in [4.69, 9.17) is 5.73 Å². The zero-order chi connectivity index (χ0) is 11.7. The molecule has 7 N–H and O–H groups in total. The first kappa shape index (κ1) is 14.1. The predicted octanol–water partition coefficient (Wildman–Crippen LogP) is -2.05. The number of carbonyl (C=O) groups is 1. The third-order valence-electron chi connectivity index (χ3n) is 2.03. The summed E-state index contributed by atoms with van der Waals surface area (Å²) in [5.41, 5.74) is 14.6. The van der Waals surface area contributed by atoms with Crippen LogP contribution in [0.2, 0.25) is 0 Å². The molecule has 1 rings (SSSR count). The topological polar surface area (TPSA) is 110 Å². The molecule has 1 amide bonds. The molecule has 0 radical (unpaired) electrons. The van der Waals surface area contributed by atoms with Gasteiger partial charge in [0.15, 0.2) is 5.11 Å². The molecule has 1 unspecified atom stereocenters. The van der Waals surface area contributed by atoms with E-state index in [-0.39, 0.29) is 5.11 Å². The van der Waals surface area contributed by atoms with Crippen LogP contribution < -0.4 is 22.5 Å². The van der Waals surface area contributed by atoms with Gasteiger partial charge in [0.05, 0.1) is 0 Å². The van der Waals surface area contributed by atoms with E-state index in [2.05, 4.69) is 29.0 Å². The zero-order valence-electron chi connectivity index (χ0n) is 8.69. The summed E-state index contributed by atoms with van der Waals surface area (Å²) >= 11 is 4.09. The third kappa shape index (κ3) is 7.06. The summed E-state index contributed by atoms with van der Waals surface area (Å²) in [4.78, 5) is 12.3. The maximum Gasteiger partial charge on any atom is 0.210 e. The molecule has 0 saturated carbocycles. The zero-order valence-corrected chi connectivity index (χ0v) is 9.50. The molecule has 1 atom stereocenters. The minimum Gasteiger partial charge on any atom is -0.377 e. The molecular formula is C8H19N5OS. The standard InChI is InChI=1S/C7H15N3O.CH4N2S/c8-2-1-7-5-9-3-4-10(7)6-11;2-1(3)4/h6-7,9H,1-5,8H2;(H4,2,3,4). The number of nitrogens with one attached hydrogen (secondary N) is 1. The van der Waals surface area contributed by atoms with E-state index in [1.165, 1.54) is 0 Å². The first-order chi connectivity index (χ1) is 7.11. The van der Waals surface area contributed by atoms with Crippen molar-refractivity contribution in [1.82, 2.24) is 10.2 Å². The van der Waals surface area contributed by atoms with Crippen LogP contribution in [0.1, 0.15) is 6.42 Å². The molecule has 0 aromatic rings. The van der Waals surface area contributed by atoms with Gasteiger partial charge in [0.2, 0.25) is 6.41 Å². The summed E-state index contributed by atoms with van der Waals surface area (Å²) in [6.45, 7) is 3.25. The fraction of sp³-hybridized carbons (Fsp3) is 0.750. The summed E-state index contributed by atoms with van der Waals surface area (Å²) in [5, 5.41) is 3.23. The molecule has 0 aliphatic carbocycles. The number of hydrogen-bond donors (Lipinski definition) is 4. The molecular weight excluding hydrogens is 214 g/mol. The highest BCUT2D eigenvalue weighted by Crippen LogP contribution is 2.02. The van der Waals surface area contributed by atoms with Crippen LogP contribution in [0, 0.1) is 0 Å². The number of amides is 1. The van der Waals surface area contributed by atoms with Crippen LogP contribution in [0.5, 0.6) is 0 Å². The Hall–Kier alpha value is -0.920. The van der Waals surface area contributed by atoms with Crippen LogP contribution in [0.25, 0.3) is 0 Å². The normalized spacial score (nSPS) is 20.1. The molecule has 0 aromatic heterocycles. The van der Waals surface area contributed by atoms with Crippen molar-refractivity contribution in [3.8, 4) is 0 Å². The highest BCUT2D eigenvalue weighted by atomic mass is 32.1. The molecule has 1 heterocycles. The first-order valence-corrected chi connectivity index (χ1v) is 5.19. The van der Waals surface area contributed by atoms with E-state index in [9.17, 15) is 4.79 Å². The van der Waals surface area contributed by atoms with Gasteiger partial charge in [-0.05, 0) is 25.2 Å². The average molecular weight is 233 g/mol. The molecule has 0 bridgehead atoms. The van der Waals surface area contributed by atoms with Crippen molar-refractivity contribution < 1.29 is 4.79 Å². The molecule has 15 heavy (non-hydrogen) atoms. The van der Waals surface area contributed by atoms with Crippen LogP contribution >= 0.6 is 12.2 Å². The summed E-state index contributed by atoms with van der Waals surface area (Å²) in [7, 11) is 0. The first-order valence-electron chi connectivity index (χ1n) is 4.78. The minimum atomic E-state index is 0.000000000000000222. The Morgan fingerprint density at radius 1 is 1.60 bits per heavy atom. The predicted molar refractivity (Wildman–Crippen MR) is 64.1 cm³/mol. The lowest BCUT2D eigenvalue weighted by Crippen LogP contribution is -2.51.